The summed E-state index contributed by atoms with van der Waals surface area (Å²) in [6.45, 7) is 9.92. The fourth-order valence-electron chi connectivity index (χ4n) is 4.67. The molecule has 1 atom stereocenters. The summed E-state index contributed by atoms with van der Waals surface area (Å²) in [4.78, 5) is 19.6. The second kappa shape index (κ2) is 8.03. The second-order valence-corrected chi connectivity index (χ2v) is 8.11. The minimum atomic E-state index is -0.187. The van der Waals surface area contributed by atoms with E-state index in [4.69, 9.17) is 10.00 Å². The van der Waals surface area contributed by atoms with Gasteiger partial charge in [-0.2, -0.15) is 5.26 Å². The highest BCUT2D eigenvalue weighted by Crippen LogP contribution is 2.31. The fourth-order valence-corrected chi connectivity index (χ4v) is 4.67. The number of hydrogen-bond donors (Lipinski definition) is 0. The number of morpholine rings is 1. The molecule has 3 heterocycles. The quantitative estimate of drug-likeness (QED) is 0.720. The van der Waals surface area contributed by atoms with Gasteiger partial charge in [-0.1, -0.05) is 0 Å². The number of carbonyl (C=O) groups is 1. The van der Waals surface area contributed by atoms with E-state index in [0.29, 0.717) is 37.6 Å². The molecule has 0 aliphatic carbocycles. The van der Waals surface area contributed by atoms with Gasteiger partial charge in [-0.05, 0) is 46.1 Å². The monoisotopic (exact) mass is 348 g/mol. The van der Waals surface area contributed by atoms with E-state index in [1.165, 1.54) is 6.42 Å². The van der Waals surface area contributed by atoms with Crippen molar-refractivity contribution in [2.45, 2.75) is 63.6 Å². The van der Waals surface area contributed by atoms with Gasteiger partial charge in [0.05, 0.1) is 24.8 Å². The van der Waals surface area contributed by atoms with E-state index in [9.17, 15) is 4.79 Å². The summed E-state index contributed by atoms with van der Waals surface area (Å²) in [5.41, 5.74) is -0.187. The number of nitrogens with zero attached hydrogens (tertiary/aromatic N) is 4. The van der Waals surface area contributed by atoms with Crippen LogP contribution in [0.3, 0.4) is 0 Å². The largest absolute Gasteiger partial charge is 0.371 e. The van der Waals surface area contributed by atoms with Crippen molar-refractivity contribution in [3.8, 4) is 6.07 Å². The molecule has 0 aromatic carbocycles. The SMILES string of the molecule is CC(C)N1CCCC1CC(=O)N1CCOC2(CCN(CC#N)CC2)C1. The van der Waals surface area contributed by atoms with Gasteiger partial charge in [0.15, 0.2) is 0 Å². The van der Waals surface area contributed by atoms with Crippen LogP contribution < -0.4 is 0 Å². The van der Waals surface area contributed by atoms with Crippen LogP contribution in [0.5, 0.6) is 0 Å². The lowest BCUT2D eigenvalue weighted by Gasteiger charge is -2.47. The average Bonchev–Trinajstić information content (AvgIpc) is 3.06. The first-order valence-corrected chi connectivity index (χ1v) is 9.80. The lowest BCUT2D eigenvalue weighted by atomic mass is 9.89. The van der Waals surface area contributed by atoms with Crippen molar-refractivity contribution in [2.24, 2.45) is 0 Å². The Balaban J connectivity index is 1.54. The molecule has 1 amide bonds. The topological polar surface area (TPSA) is 59.8 Å². The zero-order valence-electron chi connectivity index (χ0n) is 15.7. The van der Waals surface area contributed by atoms with E-state index in [0.717, 1.165) is 52.0 Å². The molecule has 0 N–H and O–H groups in total. The van der Waals surface area contributed by atoms with E-state index in [1.807, 2.05) is 4.90 Å². The van der Waals surface area contributed by atoms with Crippen LogP contribution in [0.25, 0.3) is 0 Å². The van der Waals surface area contributed by atoms with Crippen molar-refractivity contribution in [1.82, 2.24) is 14.7 Å². The van der Waals surface area contributed by atoms with Crippen LogP contribution in [-0.4, -0.2) is 84.2 Å². The number of ether oxygens (including phenoxy) is 1. The first-order chi connectivity index (χ1) is 12.0. The van der Waals surface area contributed by atoms with Crippen molar-refractivity contribution in [1.29, 1.82) is 5.26 Å². The molecule has 140 valence electrons. The minimum Gasteiger partial charge on any atom is -0.371 e. The van der Waals surface area contributed by atoms with Gasteiger partial charge in [-0.3, -0.25) is 14.6 Å². The molecular weight excluding hydrogens is 316 g/mol. The molecule has 3 aliphatic rings. The van der Waals surface area contributed by atoms with Gasteiger partial charge in [-0.15, -0.1) is 0 Å². The molecule has 3 rings (SSSR count). The molecule has 0 aromatic rings. The van der Waals surface area contributed by atoms with Gasteiger partial charge >= 0.3 is 0 Å². The number of likely N-dealkylation sites (tertiary alicyclic amines) is 2. The summed E-state index contributed by atoms with van der Waals surface area (Å²) in [5.74, 6) is 0.291. The molecule has 25 heavy (non-hydrogen) atoms. The highest BCUT2D eigenvalue weighted by molar-refractivity contribution is 5.77. The normalized spacial score (nSPS) is 27.8. The highest BCUT2D eigenvalue weighted by atomic mass is 16.5. The lowest BCUT2D eigenvalue weighted by Crippen LogP contribution is -2.58. The molecule has 0 radical (unpaired) electrons. The summed E-state index contributed by atoms with van der Waals surface area (Å²) >= 11 is 0. The summed E-state index contributed by atoms with van der Waals surface area (Å²) in [6, 6.07) is 3.15. The van der Waals surface area contributed by atoms with Crippen molar-refractivity contribution in [3.63, 3.8) is 0 Å². The van der Waals surface area contributed by atoms with Gasteiger partial charge in [0.2, 0.25) is 5.91 Å². The molecule has 6 heteroatoms. The molecule has 1 spiro atoms. The highest BCUT2D eigenvalue weighted by Gasteiger charge is 2.41. The van der Waals surface area contributed by atoms with Crippen LogP contribution in [0.1, 0.15) is 46.0 Å². The maximum atomic E-state index is 12.9. The first-order valence-electron chi connectivity index (χ1n) is 9.80. The van der Waals surface area contributed by atoms with Gasteiger partial charge in [0.25, 0.3) is 0 Å². The Labute approximate surface area is 151 Å². The van der Waals surface area contributed by atoms with Crippen molar-refractivity contribution in [2.75, 3.05) is 45.9 Å². The Hall–Kier alpha value is -1.16. The zero-order chi connectivity index (χ0) is 17.9. The van der Waals surface area contributed by atoms with Crippen LogP contribution in [0, 0.1) is 11.3 Å². The molecule has 1 unspecified atom stereocenters. The second-order valence-electron chi connectivity index (χ2n) is 8.11. The first kappa shape index (κ1) is 18.6. The van der Waals surface area contributed by atoms with Crippen LogP contribution in [0.15, 0.2) is 0 Å². The Bertz CT molecular complexity index is 508. The number of piperidine rings is 1. The predicted molar refractivity (Wildman–Crippen MR) is 96.0 cm³/mol. The maximum absolute atomic E-state index is 12.9. The third-order valence-electron chi connectivity index (χ3n) is 6.16. The van der Waals surface area contributed by atoms with E-state index >= 15 is 0 Å². The third-order valence-corrected chi connectivity index (χ3v) is 6.16. The Morgan fingerprint density at radius 1 is 1.28 bits per heavy atom. The van der Waals surface area contributed by atoms with Gasteiger partial charge < -0.3 is 9.64 Å². The van der Waals surface area contributed by atoms with E-state index < -0.39 is 0 Å². The van der Waals surface area contributed by atoms with E-state index in [2.05, 4.69) is 29.7 Å². The molecule has 0 saturated carbocycles. The number of hydrogen-bond acceptors (Lipinski definition) is 5. The summed E-state index contributed by atoms with van der Waals surface area (Å²) in [5, 5.41) is 8.85. The standard InChI is InChI=1S/C19H32N4O2/c1-16(2)23-8-3-4-17(23)14-18(24)22-12-13-25-19(15-22)5-9-21(10-6-19)11-7-20/h16-17H,3-6,8-15H2,1-2H3. The zero-order valence-corrected chi connectivity index (χ0v) is 15.7. The molecule has 6 nitrogen and oxygen atoms in total. The molecule has 3 saturated heterocycles. The summed E-state index contributed by atoms with van der Waals surface area (Å²) < 4.78 is 6.13. The number of carbonyl (C=O) groups excluding carboxylic acids is 1. The van der Waals surface area contributed by atoms with Crippen molar-refractivity contribution < 1.29 is 9.53 Å². The fraction of sp³-hybridized carbons (Fsp3) is 0.895. The van der Waals surface area contributed by atoms with Crippen molar-refractivity contribution in [3.05, 3.63) is 0 Å². The number of amides is 1. The van der Waals surface area contributed by atoms with E-state index in [1.54, 1.807) is 0 Å². The maximum Gasteiger partial charge on any atom is 0.224 e. The number of nitriles is 1. The van der Waals surface area contributed by atoms with Gasteiger partial charge in [0, 0.05) is 44.7 Å². The Morgan fingerprint density at radius 2 is 2.04 bits per heavy atom. The molecule has 3 aliphatic heterocycles. The van der Waals surface area contributed by atoms with E-state index in [-0.39, 0.29) is 5.60 Å². The predicted octanol–water partition coefficient (Wildman–Crippen LogP) is 1.47. The minimum absolute atomic E-state index is 0.187. The lowest BCUT2D eigenvalue weighted by molar-refractivity contribution is -0.160. The van der Waals surface area contributed by atoms with Crippen LogP contribution in [-0.2, 0) is 9.53 Å². The van der Waals surface area contributed by atoms with Crippen LogP contribution in [0.2, 0.25) is 0 Å². The molecule has 3 fully saturated rings. The average molecular weight is 348 g/mol. The Kier molecular flexibility index (Phi) is 5.98. The van der Waals surface area contributed by atoms with Gasteiger partial charge in [-0.25, -0.2) is 0 Å². The smallest absolute Gasteiger partial charge is 0.224 e. The van der Waals surface area contributed by atoms with Crippen LogP contribution in [0.4, 0.5) is 0 Å². The van der Waals surface area contributed by atoms with Crippen molar-refractivity contribution >= 4 is 5.91 Å². The molecule has 0 bridgehead atoms. The summed E-state index contributed by atoms with van der Waals surface area (Å²) in [6.07, 6.45) is 4.83. The van der Waals surface area contributed by atoms with Gasteiger partial charge in [0.1, 0.15) is 0 Å². The summed E-state index contributed by atoms with van der Waals surface area (Å²) in [7, 11) is 0. The third kappa shape index (κ3) is 4.33. The molecular formula is C19H32N4O2. The van der Waals surface area contributed by atoms with Crippen LogP contribution >= 0.6 is 0 Å². The molecule has 0 aromatic heterocycles. The number of rotatable bonds is 4. The Morgan fingerprint density at radius 3 is 2.72 bits per heavy atom.